The van der Waals surface area contributed by atoms with E-state index in [2.05, 4.69) is 66.0 Å². The number of esters is 1. The van der Waals surface area contributed by atoms with Gasteiger partial charge in [-0.2, -0.15) is 0 Å². The lowest BCUT2D eigenvalue weighted by molar-refractivity contribution is -0.273. The summed E-state index contributed by atoms with van der Waals surface area (Å²) in [6, 6.07) is 6.44. The molecule has 0 bridgehead atoms. The molecular weight excluding hydrogens is 820 g/mol. The van der Waals surface area contributed by atoms with E-state index < -0.39 is 52.1 Å². The van der Waals surface area contributed by atoms with Gasteiger partial charge in [-0.25, -0.2) is 0 Å². The van der Waals surface area contributed by atoms with Crippen molar-refractivity contribution >= 4 is 41.1 Å². The number of carbonyl (C=O) groups excluding carboxylic acids is 4. The first-order valence-corrected chi connectivity index (χ1v) is 24.0. The normalized spacial score (nSPS) is 39.9. The molecule has 0 spiro atoms. The molecule has 2 amide bonds. The van der Waals surface area contributed by atoms with Crippen LogP contribution in [0.5, 0.6) is 0 Å². The van der Waals surface area contributed by atoms with Crippen molar-refractivity contribution in [3.8, 4) is 0 Å². The number of rotatable bonds is 10. The molecule has 1 aromatic carbocycles. The van der Waals surface area contributed by atoms with E-state index in [1.807, 2.05) is 13.8 Å². The van der Waals surface area contributed by atoms with Gasteiger partial charge in [-0.1, -0.05) is 86.4 Å². The highest BCUT2D eigenvalue weighted by molar-refractivity contribution is 6.30. The number of ketones is 1. The molecule has 1 unspecified atom stereocenters. The predicted octanol–water partition coefficient (Wildman–Crippen LogP) is 8.35. The van der Waals surface area contributed by atoms with Crippen molar-refractivity contribution in [2.45, 2.75) is 151 Å². The van der Waals surface area contributed by atoms with Gasteiger partial charge in [-0.05, 0) is 132 Å². The van der Waals surface area contributed by atoms with Gasteiger partial charge < -0.3 is 30.3 Å². The van der Waals surface area contributed by atoms with Crippen molar-refractivity contribution in [2.24, 2.45) is 67.5 Å². The van der Waals surface area contributed by atoms with E-state index in [1.165, 1.54) is 0 Å². The number of amides is 2. The summed E-state index contributed by atoms with van der Waals surface area (Å²) in [5.41, 5.74) is -1.16. The molecule has 11 nitrogen and oxygen atoms in total. The van der Waals surface area contributed by atoms with E-state index in [9.17, 15) is 34.2 Å². The van der Waals surface area contributed by atoms with Crippen LogP contribution in [0, 0.1) is 67.5 Å². The fourth-order valence-corrected chi connectivity index (χ4v) is 15.5. The zero-order chi connectivity index (χ0) is 46.1. The average Bonchev–Trinajstić information content (AvgIpc) is 3.51. The van der Waals surface area contributed by atoms with Crippen molar-refractivity contribution in [1.29, 1.82) is 0 Å². The number of aliphatic hydroxyl groups excluding tert-OH is 1. The lowest BCUT2D eigenvalue weighted by Crippen LogP contribution is -2.71. The monoisotopic (exact) mass is 890 g/mol. The quantitative estimate of drug-likeness (QED) is 0.169. The third-order valence-electron chi connectivity index (χ3n) is 20.3. The molecule has 5 saturated carbocycles. The number of hydrogen-bond acceptors (Lipinski definition) is 8. The van der Waals surface area contributed by atoms with Crippen LogP contribution in [-0.2, 0) is 28.7 Å². The van der Waals surface area contributed by atoms with Gasteiger partial charge >= 0.3 is 11.9 Å². The summed E-state index contributed by atoms with van der Waals surface area (Å²) in [6.07, 6.45) is 6.25. The van der Waals surface area contributed by atoms with Gasteiger partial charge in [0, 0.05) is 34.4 Å². The first-order chi connectivity index (χ1) is 29.3. The standard InChI is InChI=1S/C51H71ClN2O9/c1-28(2)38-34(55)24-50(36(56)25-53-43(61)51(26-62-27-51)54-40(57)29-11-13-30(52)14-12-29)22-20-46(7)31(39(38)50)15-16-35-47(46,8)19-21-49(10)45(5,6)37(17-18-48(35,49)9)63-42(60)33-23-32(41(58)59)44(33,3)4/h11-14,28,31-33,35-37,56H,15-27H2,1-10H3,(H,53,61)(H,54,57)(H,58,59)/t31-,32+,33-,35+,36+,37+,46-,47?,48-,49+,50+/m1/s1. The summed E-state index contributed by atoms with van der Waals surface area (Å²) in [7, 11) is 0. The van der Waals surface area contributed by atoms with Crippen LogP contribution in [0.1, 0.15) is 144 Å². The number of nitrogens with one attached hydrogen (secondary N) is 2. The second kappa shape index (κ2) is 15.1. The minimum absolute atomic E-state index is 0.00938. The largest absolute Gasteiger partial charge is 0.481 e. The van der Waals surface area contributed by atoms with Crippen LogP contribution in [0.3, 0.4) is 0 Å². The molecule has 1 heterocycles. The van der Waals surface area contributed by atoms with Gasteiger partial charge in [0.15, 0.2) is 11.3 Å². The Morgan fingerprint density at radius 3 is 2.10 bits per heavy atom. The van der Waals surface area contributed by atoms with Crippen LogP contribution in [0.15, 0.2) is 35.4 Å². The van der Waals surface area contributed by atoms with Crippen LogP contribution >= 0.6 is 11.6 Å². The molecule has 1 saturated heterocycles. The summed E-state index contributed by atoms with van der Waals surface area (Å²) in [5.74, 6) is -2.39. The highest BCUT2D eigenvalue weighted by Crippen LogP contribution is 2.80. The lowest BCUT2D eigenvalue weighted by atomic mass is 9.29. The Kier molecular flexibility index (Phi) is 11.1. The predicted molar refractivity (Wildman–Crippen MR) is 238 cm³/mol. The Hall–Kier alpha value is -3.28. The van der Waals surface area contributed by atoms with E-state index in [0.29, 0.717) is 29.3 Å². The number of carbonyl (C=O) groups is 5. The number of fused-ring (bicyclic) bond motifs is 7. The highest BCUT2D eigenvalue weighted by Gasteiger charge is 2.74. The summed E-state index contributed by atoms with van der Waals surface area (Å²) in [5, 5.41) is 28.5. The Morgan fingerprint density at radius 2 is 1.51 bits per heavy atom. The molecule has 12 heteroatoms. The summed E-state index contributed by atoms with van der Waals surface area (Å²) in [4.78, 5) is 67.0. The third kappa shape index (κ3) is 6.41. The molecule has 4 N–H and O–H groups in total. The van der Waals surface area contributed by atoms with E-state index in [4.69, 9.17) is 21.1 Å². The smallest absolute Gasteiger partial charge is 0.309 e. The Balaban J connectivity index is 1.02. The van der Waals surface area contributed by atoms with Crippen LogP contribution in [-0.4, -0.2) is 77.3 Å². The maximum atomic E-state index is 14.3. The number of aliphatic hydroxyl groups is 1. The molecule has 6 aliphatic carbocycles. The Morgan fingerprint density at radius 1 is 0.857 bits per heavy atom. The number of halogens is 1. The summed E-state index contributed by atoms with van der Waals surface area (Å²) < 4.78 is 11.9. The van der Waals surface area contributed by atoms with Gasteiger partial charge in [-0.15, -0.1) is 0 Å². The van der Waals surface area contributed by atoms with Crippen LogP contribution in [0.25, 0.3) is 0 Å². The molecule has 6 fully saturated rings. The molecular formula is C51H71ClN2O9. The van der Waals surface area contributed by atoms with Crippen LogP contribution in [0.4, 0.5) is 0 Å². The van der Waals surface area contributed by atoms with Crippen molar-refractivity contribution in [1.82, 2.24) is 10.6 Å². The topological polar surface area (TPSA) is 168 Å². The fourth-order valence-electron chi connectivity index (χ4n) is 15.4. The molecule has 1 aliphatic heterocycles. The summed E-state index contributed by atoms with van der Waals surface area (Å²) in [6.45, 7) is 22.4. The van der Waals surface area contributed by atoms with Crippen molar-refractivity contribution in [3.63, 3.8) is 0 Å². The second-order valence-corrected chi connectivity index (χ2v) is 23.9. The van der Waals surface area contributed by atoms with Crippen molar-refractivity contribution in [3.05, 3.63) is 46.0 Å². The molecule has 346 valence electrons. The Labute approximate surface area is 378 Å². The van der Waals surface area contributed by atoms with Gasteiger partial charge in [0.1, 0.15) is 6.10 Å². The second-order valence-electron chi connectivity index (χ2n) is 23.5. The van der Waals surface area contributed by atoms with Crippen molar-refractivity contribution in [2.75, 3.05) is 19.8 Å². The molecule has 11 atom stereocenters. The zero-order valence-electron chi connectivity index (χ0n) is 39.2. The van der Waals surface area contributed by atoms with E-state index in [0.717, 1.165) is 56.1 Å². The molecule has 8 rings (SSSR count). The van der Waals surface area contributed by atoms with Crippen LogP contribution in [0.2, 0.25) is 5.02 Å². The van der Waals surface area contributed by atoms with Gasteiger partial charge in [0.25, 0.3) is 11.8 Å². The number of carboxylic acids is 1. The average molecular weight is 892 g/mol. The Bertz CT molecular complexity index is 2130. The molecule has 7 aliphatic rings. The number of ether oxygens (including phenoxy) is 2. The SMILES string of the molecule is CC(C)C1=C2[C@H]3CC[C@H]4C(C)(CC[C@@]5(C)C(C)(C)[C@@H](OC(=O)[C@H]6C[C@@H](C(=O)O)C6(C)C)CC[C@]45C)[C@]3(C)CC[C@@]2([C@@H](O)CNC(=O)C2(NC(=O)c3ccc(Cl)cc3)COC2)CC1=O. The number of benzene rings is 1. The van der Waals surface area contributed by atoms with Gasteiger partial charge in [0.2, 0.25) is 0 Å². The molecule has 0 radical (unpaired) electrons. The number of Topliss-reactive ketones (excluding diaryl/α,β-unsaturated/α-hetero) is 1. The number of hydrogen-bond donors (Lipinski definition) is 4. The number of aliphatic carboxylic acids is 1. The van der Waals surface area contributed by atoms with Gasteiger partial charge in [0.05, 0.1) is 31.2 Å². The minimum atomic E-state index is -1.28. The maximum Gasteiger partial charge on any atom is 0.309 e. The summed E-state index contributed by atoms with van der Waals surface area (Å²) >= 11 is 6.03. The number of allylic oxidation sites excluding steroid dienone is 1. The first kappa shape index (κ1) is 46.3. The van der Waals surface area contributed by atoms with E-state index in [-0.39, 0.29) is 82.9 Å². The van der Waals surface area contributed by atoms with E-state index >= 15 is 0 Å². The third-order valence-corrected chi connectivity index (χ3v) is 20.6. The minimum Gasteiger partial charge on any atom is -0.481 e. The number of carboxylic acid groups (broad SMARTS) is 1. The zero-order valence-corrected chi connectivity index (χ0v) is 39.9. The molecule has 63 heavy (non-hydrogen) atoms. The van der Waals surface area contributed by atoms with Gasteiger partial charge in [-0.3, -0.25) is 24.0 Å². The maximum absolute atomic E-state index is 14.3. The highest BCUT2D eigenvalue weighted by atomic mass is 35.5. The lowest BCUT2D eigenvalue weighted by Gasteiger charge is -2.75. The van der Waals surface area contributed by atoms with Crippen LogP contribution < -0.4 is 10.6 Å². The fraction of sp³-hybridized carbons (Fsp3) is 0.745. The molecule has 1 aromatic rings. The molecule has 0 aromatic heterocycles. The first-order valence-electron chi connectivity index (χ1n) is 23.6. The van der Waals surface area contributed by atoms with E-state index in [1.54, 1.807) is 24.3 Å². The van der Waals surface area contributed by atoms with Crippen molar-refractivity contribution < 1.29 is 43.7 Å².